The second kappa shape index (κ2) is 8.93. The van der Waals surface area contributed by atoms with Crippen LogP contribution in [0.1, 0.15) is 41.0 Å². The van der Waals surface area contributed by atoms with E-state index >= 15 is 0 Å². The van der Waals surface area contributed by atoms with Crippen molar-refractivity contribution >= 4 is 23.5 Å². The van der Waals surface area contributed by atoms with Crippen molar-refractivity contribution in [3.05, 3.63) is 65.5 Å². The first-order valence-corrected chi connectivity index (χ1v) is 8.47. The van der Waals surface area contributed by atoms with E-state index in [1.807, 2.05) is 13.8 Å². The summed E-state index contributed by atoms with van der Waals surface area (Å²) in [6.45, 7) is 3.74. The first-order chi connectivity index (χ1) is 12.8. The lowest BCUT2D eigenvalue weighted by Gasteiger charge is -2.16. The molecule has 0 heterocycles. The van der Waals surface area contributed by atoms with Crippen LogP contribution in [0.5, 0.6) is 0 Å². The number of anilines is 1. The maximum Gasteiger partial charge on any atom is 0.326 e. The van der Waals surface area contributed by atoms with E-state index in [2.05, 4.69) is 10.6 Å². The van der Waals surface area contributed by atoms with Gasteiger partial charge >= 0.3 is 5.97 Å². The van der Waals surface area contributed by atoms with Crippen LogP contribution in [-0.4, -0.2) is 28.9 Å². The maximum absolute atomic E-state index is 12.9. The minimum Gasteiger partial charge on any atom is -0.480 e. The van der Waals surface area contributed by atoms with Gasteiger partial charge in [0.25, 0.3) is 11.8 Å². The third-order valence-corrected chi connectivity index (χ3v) is 3.80. The van der Waals surface area contributed by atoms with Crippen molar-refractivity contribution in [2.75, 3.05) is 5.32 Å². The van der Waals surface area contributed by atoms with Crippen LogP contribution in [0.2, 0.25) is 0 Å². The summed E-state index contributed by atoms with van der Waals surface area (Å²) in [5.74, 6) is -2.43. The molecular formula is C20H21FN2O4. The minimum atomic E-state index is -1.10. The molecule has 0 aliphatic rings. The standard InChI is InChI=1S/C20H21FN2O4/c1-12(2)10-17(20(26)27)23-19(25)14-4-3-5-16(11-14)22-18(24)13-6-8-15(21)9-7-13/h3-9,11-12,17H,10H2,1-2H3,(H,22,24)(H,23,25)(H,26,27)/t17-/m1/s1. The minimum absolute atomic E-state index is 0.104. The predicted octanol–water partition coefficient (Wildman–Crippen LogP) is 3.31. The summed E-state index contributed by atoms with van der Waals surface area (Å²) in [5, 5.41) is 14.4. The fourth-order valence-corrected chi connectivity index (χ4v) is 2.48. The summed E-state index contributed by atoms with van der Waals surface area (Å²) in [4.78, 5) is 35.8. The molecule has 1 atom stereocenters. The molecule has 7 heteroatoms. The maximum atomic E-state index is 12.9. The van der Waals surface area contributed by atoms with E-state index in [1.165, 1.54) is 36.4 Å². The first kappa shape index (κ1) is 20.1. The molecule has 6 nitrogen and oxygen atoms in total. The molecule has 0 bridgehead atoms. The van der Waals surface area contributed by atoms with Gasteiger partial charge in [0.15, 0.2) is 0 Å². The molecule has 142 valence electrons. The third-order valence-electron chi connectivity index (χ3n) is 3.80. The molecule has 0 aromatic heterocycles. The number of carboxylic acids is 1. The SMILES string of the molecule is CC(C)C[C@@H](NC(=O)c1cccc(NC(=O)c2ccc(F)cc2)c1)C(=O)O. The Kier molecular flexibility index (Phi) is 6.65. The number of carboxylic acid groups (broad SMARTS) is 1. The summed E-state index contributed by atoms with van der Waals surface area (Å²) >= 11 is 0. The quantitative estimate of drug-likeness (QED) is 0.695. The largest absolute Gasteiger partial charge is 0.480 e. The first-order valence-electron chi connectivity index (χ1n) is 8.47. The van der Waals surface area contributed by atoms with Crippen LogP contribution >= 0.6 is 0 Å². The lowest BCUT2D eigenvalue weighted by Crippen LogP contribution is -2.41. The average Bonchev–Trinajstić information content (AvgIpc) is 2.61. The van der Waals surface area contributed by atoms with Crippen LogP contribution in [0.15, 0.2) is 48.5 Å². The second-order valence-electron chi connectivity index (χ2n) is 6.54. The second-order valence-corrected chi connectivity index (χ2v) is 6.54. The van der Waals surface area contributed by atoms with Crippen molar-refractivity contribution in [2.24, 2.45) is 5.92 Å². The molecular weight excluding hydrogens is 351 g/mol. The van der Waals surface area contributed by atoms with Gasteiger partial charge in [0, 0.05) is 16.8 Å². The molecule has 2 amide bonds. The number of carbonyl (C=O) groups is 3. The molecule has 0 fully saturated rings. The lowest BCUT2D eigenvalue weighted by atomic mass is 10.0. The van der Waals surface area contributed by atoms with Crippen LogP contribution in [0.3, 0.4) is 0 Å². The summed E-state index contributed by atoms with van der Waals surface area (Å²) in [5.41, 5.74) is 0.865. The zero-order valence-corrected chi connectivity index (χ0v) is 15.0. The Labute approximate surface area is 156 Å². The van der Waals surface area contributed by atoms with Gasteiger partial charge in [-0.3, -0.25) is 9.59 Å². The number of nitrogens with one attached hydrogen (secondary N) is 2. The number of aliphatic carboxylic acids is 1. The van der Waals surface area contributed by atoms with Crippen molar-refractivity contribution in [1.29, 1.82) is 0 Å². The van der Waals surface area contributed by atoms with Crippen LogP contribution in [0, 0.1) is 11.7 Å². The van der Waals surface area contributed by atoms with Crippen molar-refractivity contribution in [1.82, 2.24) is 5.32 Å². The van der Waals surface area contributed by atoms with Gasteiger partial charge < -0.3 is 15.7 Å². The van der Waals surface area contributed by atoms with E-state index in [-0.39, 0.29) is 17.0 Å². The van der Waals surface area contributed by atoms with E-state index < -0.39 is 29.6 Å². The Balaban J connectivity index is 2.09. The normalized spacial score (nSPS) is 11.7. The van der Waals surface area contributed by atoms with Gasteiger partial charge in [0.05, 0.1) is 0 Å². The van der Waals surface area contributed by atoms with Crippen molar-refractivity contribution < 1.29 is 23.9 Å². The van der Waals surface area contributed by atoms with Gasteiger partial charge in [-0.2, -0.15) is 0 Å². The predicted molar refractivity (Wildman–Crippen MR) is 99.1 cm³/mol. The Morgan fingerprint density at radius 3 is 2.26 bits per heavy atom. The highest BCUT2D eigenvalue weighted by Gasteiger charge is 2.22. The van der Waals surface area contributed by atoms with Crippen molar-refractivity contribution in [2.45, 2.75) is 26.3 Å². The monoisotopic (exact) mass is 372 g/mol. The highest BCUT2D eigenvalue weighted by molar-refractivity contribution is 6.05. The number of benzene rings is 2. The van der Waals surface area contributed by atoms with Crippen LogP contribution in [0.25, 0.3) is 0 Å². The van der Waals surface area contributed by atoms with Gasteiger partial charge in [-0.15, -0.1) is 0 Å². The fraction of sp³-hybridized carbons (Fsp3) is 0.250. The molecule has 0 saturated heterocycles. The van der Waals surface area contributed by atoms with Gasteiger partial charge in [0.1, 0.15) is 11.9 Å². The number of rotatable bonds is 7. The molecule has 0 aliphatic carbocycles. The summed E-state index contributed by atoms with van der Waals surface area (Å²) in [7, 11) is 0. The van der Waals surface area contributed by atoms with Crippen LogP contribution in [0.4, 0.5) is 10.1 Å². The number of carbonyl (C=O) groups excluding carboxylic acids is 2. The molecule has 0 unspecified atom stereocenters. The number of amides is 2. The Hall–Kier alpha value is -3.22. The van der Waals surface area contributed by atoms with Gasteiger partial charge in [0.2, 0.25) is 0 Å². The summed E-state index contributed by atoms with van der Waals surface area (Å²) in [6, 6.07) is 10.2. The Bertz CT molecular complexity index is 834. The van der Waals surface area contributed by atoms with E-state index in [9.17, 15) is 23.9 Å². The fourth-order valence-electron chi connectivity index (χ4n) is 2.48. The molecule has 2 rings (SSSR count). The molecule has 0 aliphatic heterocycles. The molecule has 0 radical (unpaired) electrons. The number of halogens is 1. The topological polar surface area (TPSA) is 95.5 Å². The molecule has 2 aromatic carbocycles. The molecule has 27 heavy (non-hydrogen) atoms. The van der Waals surface area contributed by atoms with Gasteiger partial charge in [-0.05, 0) is 54.8 Å². The van der Waals surface area contributed by atoms with Crippen LogP contribution in [-0.2, 0) is 4.79 Å². The number of hydrogen-bond donors (Lipinski definition) is 3. The van der Waals surface area contributed by atoms with Crippen molar-refractivity contribution in [3.8, 4) is 0 Å². The summed E-state index contributed by atoms with van der Waals surface area (Å²) in [6.07, 6.45) is 0.308. The lowest BCUT2D eigenvalue weighted by molar-refractivity contribution is -0.139. The van der Waals surface area contributed by atoms with Gasteiger partial charge in [-0.1, -0.05) is 19.9 Å². The summed E-state index contributed by atoms with van der Waals surface area (Å²) < 4.78 is 12.9. The Morgan fingerprint density at radius 1 is 1.00 bits per heavy atom. The molecule has 0 spiro atoms. The van der Waals surface area contributed by atoms with E-state index in [4.69, 9.17) is 0 Å². The smallest absolute Gasteiger partial charge is 0.326 e. The van der Waals surface area contributed by atoms with Crippen LogP contribution < -0.4 is 10.6 Å². The zero-order chi connectivity index (χ0) is 20.0. The van der Waals surface area contributed by atoms with E-state index in [1.54, 1.807) is 12.1 Å². The molecule has 2 aromatic rings. The van der Waals surface area contributed by atoms with Gasteiger partial charge in [-0.25, -0.2) is 9.18 Å². The van der Waals surface area contributed by atoms with Crippen molar-refractivity contribution in [3.63, 3.8) is 0 Å². The molecule has 3 N–H and O–H groups in total. The van der Waals surface area contributed by atoms with E-state index in [0.29, 0.717) is 12.1 Å². The number of hydrogen-bond acceptors (Lipinski definition) is 3. The highest BCUT2D eigenvalue weighted by atomic mass is 19.1. The third kappa shape index (κ3) is 5.91. The Morgan fingerprint density at radius 2 is 1.67 bits per heavy atom. The zero-order valence-electron chi connectivity index (χ0n) is 15.0. The molecule has 0 saturated carbocycles. The van der Waals surface area contributed by atoms with E-state index in [0.717, 1.165) is 0 Å². The average molecular weight is 372 g/mol. The highest BCUT2D eigenvalue weighted by Crippen LogP contribution is 2.14.